The van der Waals surface area contributed by atoms with Crippen molar-refractivity contribution in [1.82, 2.24) is 0 Å². The largest absolute Gasteiger partial charge is 0.441 e. The van der Waals surface area contributed by atoms with Crippen LogP contribution < -0.4 is 4.74 Å². The van der Waals surface area contributed by atoms with Crippen molar-refractivity contribution in [3.8, 4) is 5.75 Å². The highest BCUT2D eigenvalue weighted by Crippen LogP contribution is 2.21. The van der Waals surface area contributed by atoms with Crippen molar-refractivity contribution in [2.75, 3.05) is 0 Å². The molecule has 1 saturated heterocycles. The molecule has 76 valence electrons. The molecule has 2 atom stereocenters. The van der Waals surface area contributed by atoms with Gasteiger partial charge in [0.15, 0.2) is 0 Å². The smallest absolute Gasteiger partial charge is 0.316 e. The maximum Gasteiger partial charge on any atom is 0.316 e. The third kappa shape index (κ3) is 2.05. The minimum Gasteiger partial charge on any atom is -0.441 e. The Labute approximate surface area is 83.6 Å². The summed E-state index contributed by atoms with van der Waals surface area (Å²) in [6.07, 6.45) is 0.174. The van der Waals surface area contributed by atoms with Crippen molar-refractivity contribution in [2.45, 2.75) is 32.5 Å². The third-order valence-electron chi connectivity index (χ3n) is 2.29. The van der Waals surface area contributed by atoms with Gasteiger partial charge in [-0.3, -0.25) is 0 Å². The Kier molecular flexibility index (Phi) is 2.70. The summed E-state index contributed by atoms with van der Waals surface area (Å²) in [5.41, 5.74) is 0. The molecule has 2 unspecified atom stereocenters. The van der Waals surface area contributed by atoms with Gasteiger partial charge in [0.1, 0.15) is 5.75 Å². The van der Waals surface area contributed by atoms with Gasteiger partial charge in [0.2, 0.25) is 0 Å². The molecule has 0 bridgehead atoms. The maximum atomic E-state index is 5.47. The average Bonchev–Trinajstić information content (AvgIpc) is 2.47. The van der Waals surface area contributed by atoms with Crippen molar-refractivity contribution < 1.29 is 14.2 Å². The molecule has 0 aliphatic carbocycles. The van der Waals surface area contributed by atoms with E-state index >= 15 is 0 Å². The van der Waals surface area contributed by atoms with Crippen LogP contribution in [-0.2, 0) is 9.47 Å². The molecule has 2 rings (SSSR count). The van der Waals surface area contributed by atoms with E-state index < -0.39 is 6.48 Å². The molecule has 0 N–H and O–H groups in total. The fraction of sp³-hybridized carbons (Fsp3) is 0.455. The Morgan fingerprint density at radius 3 is 2.14 bits per heavy atom. The van der Waals surface area contributed by atoms with Gasteiger partial charge in [-0.25, -0.2) is 0 Å². The molecule has 0 amide bonds. The van der Waals surface area contributed by atoms with E-state index in [1.807, 2.05) is 44.2 Å². The molecule has 14 heavy (non-hydrogen) atoms. The second kappa shape index (κ2) is 3.98. The fourth-order valence-electron chi connectivity index (χ4n) is 1.27. The molecular weight excluding hydrogens is 180 g/mol. The lowest BCUT2D eigenvalue weighted by atomic mass is 10.3. The third-order valence-corrected chi connectivity index (χ3v) is 2.29. The van der Waals surface area contributed by atoms with E-state index in [0.717, 1.165) is 5.75 Å². The highest BCUT2D eigenvalue weighted by atomic mass is 16.9. The predicted octanol–water partition coefficient (Wildman–Crippen LogP) is 2.17. The Balaban J connectivity index is 1.94. The molecule has 0 aromatic heterocycles. The van der Waals surface area contributed by atoms with E-state index in [0.29, 0.717) is 0 Å². The second-order valence-corrected chi connectivity index (χ2v) is 3.40. The quantitative estimate of drug-likeness (QED) is 0.722. The van der Waals surface area contributed by atoms with E-state index in [4.69, 9.17) is 14.2 Å². The summed E-state index contributed by atoms with van der Waals surface area (Å²) in [6.45, 7) is 3.38. The van der Waals surface area contributed by atoms with Crippen LogP contribution >= 0.6 is 0 Å². The molecule has 1 aliphatic heterocycles. The lowest BCUT2D eigenvalue weighted by Gasteiger charge is -2.11. The van der Waals surface area contributed by atoms with Gasteiger partial charge in [0.05, 0.1) is 12.2 Å². The molecule has 3 nitrogen and oxygen atoms in total. The molecule has 1 aliphatic rings. The van der Waals surface area contributed by atoms with Crippen LogP contribution in [0.4, 0.5) is 0 Å². The van der Waals surface area contributed by atoms with E-state index in [-0.39, 0.29) is 12.2 Å². The van der Waals surface area contributed by atoms with Gasteiger partial charge in [-0.05, 0) is 26.0 Å². The first kappa shape index (κ1) is 9.49. The fourth-order valence-corrected chi connectivity index (χ4v) is 1.27. The number of benzene rings is 1. The lowest BCUT2D eigenvalue weighted by Crippen LogP contribution is -2.17. The average molecular weight is 194 g/mol. The summed E-state index contributed by atoms with van der Waals surface area (Å²) < 4.78 is 16.3. The topological polar surface area (TPSA) is 27.7 Å². The highest BCUT2D eigenvalue weighted by Gasteiger charge is 2.30. The van der Waals surface area contributed by atoms with Crippen LogP contribution in [0.3, 0.4) is 0 Å². The highest BCUT2D eigenvalue weighted by molar-refractivity contribution is 5.20. The van der Waals surface area contributed by atoms with Crippen LogP contribution in [0, 0.1) is 0 Å². The summed E-state index contributed by atoms with van der Waals surface area (Å²) in [5, 5.41) is 0. The van der Waals surface area contributed by atoms with Crippen molar-refractivity contribution in [1.29, 1.82) is 0 Å². The van der Waals surface area contributed by atoms with Crippen LogP contribution in [0.1, 0.15) is 13.8 Å². The first-order chi connectivity index (χ1) is 6.75. The lowest BCUT2D eigenvalue weighted by molar-refractivity contribution is -0.190. The van der Waals surface area contributed by atoms with E-state index in [2.05, 4.69) is 0 Å². The van der Waals surface area contributed by atoms with Crippen LogP contribution in [0.15, 0.2) is 30.3 Å². The van der Waals surface area contributed by atoms with Gasteiger partial charge in [0.25, 0.3) is 0 Å². The minimum absolute atomic E-state index is 0.0868. The molecule has 1 fully saturated rings. The van der Waals surface area contributed by atoms with Gasteiger partial charge in [0, 0.05) is 0 Å². The normalized spacial score (nSPS) is 31.7. The zero-order chi connectivity index (χ0) is 9.97. The molecule has 3 heteroatoms. The molecule has 1 aromatic carbocycles. The Bertz CT molecular complexity index is 276. The van der Waals surface area contributed by atoms with E-state index in [1.54, 1.807) is 0 Å². The monoisotopic (exact) mass is 194 g/mol. The number of hydrogen-bond donors (Lipinski definition) is 0. The minimum atomic E-state index is -0.567. The number of para-hydroxylation sites is 1. The van der Waals surface area contributed by atoms with Crippen molar-refractivity contribution in [2.24, 2.45) is 0 Å². The maximum absolute atomic E-state index is 5.47. The summed E-state index contributed by atoms with van der Waals surface area (Å²) in [5.74, 6) is 0.763. The molecular formula is C11H14O3. The SMILES string of the molecule is CC1OC(Oc2ccccc2)OC1C. The zero-order valence-electron chi connectivity index (χ0n) is 8.34. The van der Waals surface area contributed by atoms with E-state index in [1.165, 1.54) is 0 Å². The van der Waals surface area contributed by atoms with Crippen LogP contribution in [0.25, 0.3) is 0 Å². The van der Waals surface area contributed by atoms with Gasteiger partial charge in [-0.15, -0.1) is 0 Å². The predicted molar refractivity (Wildman–Crippen MR) is 52.0 cm³/mol. The summed E-state index contributed by atoms with van der Waals surface area (Å²) in [4.78, 5) is 0. The number of ether oxygens (including phenoxy) is 3. The Hall–Kier alpha value is -1.06. The second-order valence-electron chi connectivity index (χ2n) is 3.40. The molecule has 0 spiro atoms. The summed E-state index contributed by atoms with van der Waals surface area (Å²) in [7, 11) is 0. The van der Waals surface area contributed by atoms with Gasteiger partial charge >= 0.3 is 6.48 Å². The summed E-state index contributed by atoms with van der Waals surface area (Å²) in [6, 6.07) is 9.52. The molecule has 0 radical (unpaired) electrons. The number of hydrogen-bond acceptors (Lipinski definition) is 3. The zero-order valence-corrected chi connectivity index (χ0v) is 8.34. The van der Waals surface area contributed by atoms with Crippen molar-refractivity contribution >= 4 is 0 Å². The number of rotatable bonds is 2. The summed E-state index contributed by atoms with van der Waals surface area (Å²) >= 11 is 0. The molecule has 1 aromatic rings. The first-order valence-electron chi connectivity index (χ1n) is 4.78. The van der Waals surface area contributed by atoms with Crippen molar-refractivity contribution in [3.05, 3.63) is 30.3 Å². The van der Waals surface area contributed by atoms with Crippen LogP contribution in [0.2, 0.25) is 0 Å². The van der Waals surface area contributed by atoms with E-state index in [9.17, 15) is 0 Å². The van der Waals surface area contributed by atoms with Crippen molar-refractivity contribution in [3.63, 3.8) is 0 Å². The van der Waals surface area contributed by atoms with Gasteiger partial charge in [-0.2, -0.15) is 0 Å². The van der Waals surface area contributed by atoms with Crippen LogP contribution in [0.5, 0.6) is 5.75 Å². The molecule has 1 heterocycles. The Morgan fingerprint density at radius 2 is 1.57 bits per heavy atom. The standard InChI is InChI=1S/C11H14O3/c1-8-9(2)13-11(12-8)14-10-6-4-3-5-7-10/h3-9,11H,1-2H3. The van der Waals surface area contributed by atoms with Gasteiger partial charge < -0.3 is 14.2 Å². The first-order valence-corrected chi connectivity index (χ1v) is 4.78. The Morgan fingerprint density at radius 1 is 1.00 bits per heavy atom. The van der Waals surface area contributed by atoms with Crippen LogP contribution in [-0.4, -0.2) is 18.7 Å². The van der Waals surface area contributed by atoms with Gasteiger partial charge in [-0.1, -0.05) is 18.2 Å². The molecule has 0 saturated carbocycles.